The van der Waals surface area contributed by atoms with Crippen molar-refractivity contribution >= 4 is 22.8 Å². The molecule has 1 aliphatic heterocycles. The Hall–Kier alpha value is -1.75. The van der Waals surface area contributed by atoms with Crippen molar-refractivity contribution in [3.05, 3.63) is 18.2 Å². The molecule has 1 aromatic heterocycles. The number of aliphatic hydroxyl groups is 1. The van der Waals surface area contributed by atoms with Crippen LogP contribution in [-0.4, -0.2) is 29.3 Å². The summed E-state index contributed by atoms with van der Waals surface area (Å²) in [6, 6.07) is 6.16. The molecule has 96 valence electrons. The number of para-hydroxylation sites is 1. The highest BCUT2D eigenvalue weighted by Crippen LogP contribution is 2.32. The zero-order valence-electron chi connectivity index (χ0n) is 10.3. The number of hydrogen-bond acceptors (Lipinski definition) is 5. The molecular weight excluding hydrogens is 230 g/mol. The maximum atomic E-state index is 9.46. The minimum atomic E-state index is 0.0827. The third kappa shape index (κ3) is 1.62. The highest BCUT2D eigenvalue weighted by molar-refractivity contribution is 5.86. The van der Waals surface area contributed by atoms with Crippen LogP contribution in [-0.2, 0) is 0 Å². The van der Waals surface area contributed by atoms with Crippen molar-refractivity contribution in [2.24, 2.45) is 5.92 Å². The number of nitrogen functional groups attached to an aromatic ring is 1. The van der Waals surface area contributed by atoms with E-state index in [-0.39, 0.29) is 12.6 Å². The first-order chi connectivity index (χ1) is 8.70. The molecule has 2 atom stereocenters. The molecule has 0 aliphatic carbocycles. The van der Waals surface area contributed by atoms with Crippen LogP contribution in [0.5, 0.6) is 0 Å². The van der Waals surface area contributed by atoms with Gasteiger partial charge in [-0.3, -0.25) is 0 Å². The van der Waals surface area contributed by atoms with E-state index in [1.807, 2.05) is 23.1 Å². The van der Waals surface area contributed by atoms with Crippen molar-refractivity contribution in [3.8, 4) is 0 Å². The number of nitrogens with two attached hydrogens (primary N) is 1. The van der Waals surface area contributed by atoms with Gasteiger partial charge in [0.2, 0.25) is 0 Å². The average molecular weight is 247 g/mol. The van der Waals surface area contributed by atoms with Crippen molar-refractivity contribution < 1.29 is 9.52 Å². The van der Waals surface area contributed by atoms with E-state index in [9.17, 15) is 5.11 Å². The Morgan fingerprint density at radius 3 is 3.11 bits per heavy atom. The molecule has 1 saturated heterocycles. The molecule has 2 aromatic rings. The van der Waals surface area contributed by atoms with Gasteiger partial charge < -0.3 is 20.2 Å². The number of oxazole rings is 1. The van der Waals surface area contributed by atoms with E-state index in [1.165, 1.54) is 0 Å². The zero-order chi connectivity index (χ0) is 12.7. The molecule has 1 fully saturated rings. The van der Waals surface area contributed by atoms with E-state index in [0.717, 1.165) is 13.0 Å². The van der Waals surface area contributed by atoms with E-state index in [2.05, 4.69) is 11.9 Å². The van der Waals surface area contributed by atoms with Crippen LogP contribution in [0.2, 0.25) is 0 Å². The Bertz CT molecular complexity index is 566. The second kappa shape index (κ2) is 4.17. The first-order valence-electron chi connectivity index (χ1n) is 6.23. The van der Waals surface area contributed by atoms with Crippen LogP contribution in [0.4, 0.5) is 11.7 Å². The number of nitrogens with zero attached hydrogens (tertiary/aromatic N) is 2. The molecule has 0 amide bonds. The van der Waals surface area contributed by atoms with Gasteiger partial charge in [0.1, 0.15) is 5.52 Å². The molecule has 2 heterocycles. The van der Waals surface area contributed by atoms with Gasteiger partial charge >= 0.3 is 0 Å². The van der Waals surface area contributed by atoms with Crippen LogP contribution in [0.25, 0.3) is 11.1 Å². The Morgan fingerprint density at radius 1 is 1.56 bits per heavy atom. The predicted molar refractivity (Wildman–Crippen MR) is 70.4 cm³/mol. The van der Waals surface area contributed by atoms with Crippen molar-refractivity contribution in [3.63, 3.8) is 0 Å². The summed E-state index contributed by atoms with van der Waals surface area (Å²) >= 11 is 0. The highest BCUT2D eigenvalue weighted by atomic mass is 16.4. The summed E-state index contributed by atoms with van der Waals surface area (Å²) in [5.41, 5.74) is 7.89. The van der Waals surface area contributed by atoms with Gasteiger partial charge in [0.05, 0.1) is 18.3 Å². The number of hydrogen-bond donors (Lipinski definition) is 2. The summed E-state index contributed by atoms with van der Waals surface area (Å²) in [7, 11) is 0. The van der Waals surface area contributed by atoms with Crippen LogP contribution < -0.4 is 10.6 Å². The lowest BCUT2D eigenvalue weighted by atomic mass is 10.0. The summed E-state index contributed by atoms with van der Waals surface area (Å²) in [6.07, 6.45) is 1.04. The number of aliphatic hydroxyl groups excluding tert-OH is 1. The number of benzene rings is 1. The SMILES string of the molecule is CC1CCN(c2nc3c(N)cccc3o2)C1CO. The van der Waals surface area contributed by atoms with Crippen LogP contribution >= 0.6 is 0 Å². The lowest BCUT2D eigenvalue weighted by Crippen LogP contribution is -2.35. The molecule has 0 spiro atoms. The van der Waals surface area contributed by atoms with Gasteiger partial charge in [-0.2, -0.15) is 4.98 Å². The first-order valence-corrected chi connectivity index (χ1v) is 6.23. The number of aromatic nitrogens is 1. The summed E-state index contributed by atoms with van der Waals surface area (Å²) in [6.45, 7) is 3.12. The lowest BCUT2D eigenvalue weighted by Gasteiger charge is -2.22. The third-order valence-electron chi connectivity index (χ3n) is 3.75. The molecule has 2 unspecified atom stereocenters. The van der Waals surface area contributed by atoms with Crippen LogP contribution in [0.1, 0.15) is 13.3 Å². The van der Waals surface area contributed by atoms with Gasteiger partial charge in [-0.05, 0) is 24.5 Å². The molecule has 5 heteroatoms. The fraction of sp³-hybridized carbons (Fsp3) is 0.462. The normalized spacial score (nSPS) is 24.0. The molecule has 1 aromatic carbocycles. The monoisotopic (exact) mass is 247 g/mol. The van der Waals surface area contributed by atoms with Crippen LogP contribution in [0, 0.1) is 5.92 Å². The summed E-state index contributed by atoms with van der Waals surface area (Å²) in [5, 5.41) is 9.46. The van der Waals surface area contributed by atoms with Gasteiger partial charge in [0, 0.05) is 6.54 Å². The Balaban J connectivity index is 2.02. The van der Waals surface area contributed by atoms with Crippen molar-refractivity contribution in [1.82, 2.24) is 4.98 Å². The van der Waals surface area contributed by atoms with Gasteiger partial charge in [0.25, 0.3) is 6.01 Å². The van der Waals surface area contributed by atoms with Crippen LogP contribution in [0.15, 0.2) is 22.6 Å². The Labute approximate surface area is 105 Å². The molecule has 0 radical (unpaired) electrons. The second-order valence-electron chi connectivity index (χ2n) is 4.90. The second-order valence-corrected chi connectivity index (χ2v) is 4.90. The summed E-state index contributed by atoms with van der Waals surface area (Å²) in [4.78, 5) is 6.48. The standard InChI is InChI=1S/C13H17N3O2/c1-8-5-6-16(10(8)7-17)13-15-12-9(14)3-2-4-11(12)18-13/h2-4,8,10,17H,5-7,14H2,1H3. The maximum absolute atomic E-state index is 9.46. The molecule has 1 aliphatic rings. The van der Waals surface area contributed by atoms with Crippen molar-refractivity contribution in [2.45, 2.75) is 19.4 Å². The molecule has 0 saturated carbocycles. The molecule has 3 rings (SSSR count). The van der Waals surface area contributed by atoms with E-state index in [0.29, 0.717) is 28.7 Å². The number of rotatable bonds is 2. The molecule has 5 nitrogen and oxygen atoms in total. The predicted octanol–water partition coefficient (Wildman–Crippen LogP) is 1.62. The van der Waals surface area contributed by atoms with Crippen molar-refractivity contribution in [1.29, 1.82) is 0 Å². The topological polar surface area (TPSA) is 75.5 Å². The van der Waals surface area contributed by atoms with Crippen molar-refractivity contribution in [2.75, 3.05) is 23.8 Å². The maximum Gasteiger partial charge on any atom is 0.298 e. The van der Waals surface area contributed by atoms with Gasteiger partial charge in [-0.15, -0.1) is 0 Å². The van der Waals surface area contributed by atoms with E-state index < -0.39 is 0 Å². The zero-order valence-corrected chi connectivity index (χ0v) is 10.3. The van der Waals surface area contributed by atoms with Crippen LogP contribution in [0.3, 0.4) is 0 Å². The summed E-state index contributed by atoms with van der Waals surface area (Å²) < 4.78 is 5.74. The Kier molecular flexibility index (Phi) is 2.63. The smallest absolute Gasteiger partial charge is 0.298 e. The number of fused-ring (bicyclic) bond motifs is 1. The molecule has 18 heavy (non-hydrogen) atoms. The van der Waals surface area contributed by atoms with Gasteiger partial charge in [-0.1, -0.05) is 13.0 Å². The Morgan fingerprint density at radius 2 is 2.39 bits per heavy atom. The minimum absolute atomic E-state index is 0.0827. The van der Waals surface area contributed by atoms with E-state index >= 15 is 0 Å². The number of anilines is 2. The van der Waals surface area contributed by atoms with Gasteiger partial charge in [0.15, 0.2) is 5.58 Å². The first kappa shape index (κ1) is 11.3. The molecular formula is C13H17N3O2. The molecule has 3 N–H and O–H groups in total. The third-order valence-corrected chi connectivity index (χ3v) is 3.75. The lowest BCUT2D eigenvalue weighted by molar-refractivity contribution is 0.242. The fourth-order valence-electron chi connectivity index (χ4n) is 2.61. The largest absolute Gasteiger partial charge is 0.423 e. The van der Waals surface area contributed by atoms with Gasteiger partial charge in [-0.25, -0.2) is 0 Å². The van der Waals surface area contributed by atoms with E-state index in [1.54, 1.807) is 0 Å². The summed E-state index contributed by atoms with van der Waals surface area (Å²) in [5.74, 6) is 0.447. The quantitative estimate of drug-likeness (QED) is 0.789. The average Bonchev–Trinajstić information content (AvgIpc) is 2.93. The minimum Gasteiger partial charge on any atom is -0.423 e. The van der Waals surface area contributed by atoms with E-state index in [4.69, 9.17) is 10.2 Å². The fourth-order valence-corrected chi connectivity index (χ4v) is 2.61. The highest BCUT2D eigenvalue weighted by Gasteiger charge is 2.33. The molecule has 0 bridgehead atoms.